The number of likely N-dealkylation sites (tertiary alicyclic amines) is 1. The second kappa shape index (κ2) is 6.23. The molecular weight excluding hydrogens is 234 g/mol. The van der Waals surface area contributed by atoms with E-state index in [9.17, 15) is 0 Å². The Morgan fingerprint density at radius 3 is 2.68 bits per heavy atom. The standard InChI is InChI=1S/C16H21N3/c1-13(19-11-10-14(19)2)4-5-15-6-8-16(9-7-15)18-12-17-3/h6-9,12H,1-2,4-5,10-11H2,3H3,(H,17,18). The average molecular weight is 255 g/mol. The van der Waals surface area contributed by atoms with E-state index in [1.807, 2.05) is 0 Å². The molecule has 0 spiro atoms. The van der Waals surface area contributed by atoms with Gasteiger partial charge in [0.1, 0.15) is 0 Å². The highest BCUT2D eigenvalue weighted by atomic mass is 15.2. The summed E-state index contributed by atoms with van der Waals surface area (Å²) in [7, 11) is 1.75. The second-order valence-corrected chi connectivity index (χ2v) is 4.76. The van der Waals surface area contributed by atoms with Crippen molar-refractivity contribution in [2.75, 3.05) is 18.9 Å². The molecule has 1 N–H and O–H groups in total. The number of anilines is 1. The third-order valence-corrected chi connectivity index (χ3v) is 3.40. The van der Waals surface area contributed by atoms with Crippen LogP contribution in [0.3, 0.4) is 0 Å². The van der Waals surface area contributed by atoms with Gasteiger partial charge in [-0.05, 0) is 30.5 Å². The first-order chi connectivity index (χ1) is 9.20. The van der Waals surface area contributed by atoms with Crippen molar-refractivity contribution in [3.8, 4) is 0 Å². The molecule has 1 aliphatic rings. The summed E-state index contributed by atoms with van der Waals surface area (Å²) in [6, 6.07) is 8.43. The highest BCUT2D eigenvalue weighted by Crippen LogP contribution is 2.26. The zero-order valence-corrected chi connectivity index (χ0v) is 11.5. The van der Waals surface area contributed by atoms with Crippen molar-refractivity contribution < 1.29 is 0 Å². The first-order valence-electron chi connectivity index (χ1n) is 6.60. The van der Waals surface area contributed by atoms with Gasteiger partial charge >= 0.3 is 0 Å². The summed E-state index contributed by atoms with van der Waals surface area (Å²) < 4.78 is 0. The number of nitrogens with one attached hydrogen (secondary N) is 1. The van der Waals surface area contributed by atoms with Gasteiger partial charge in [-0.15, -0.1) is 0 Å². The largest absolute Gasteiger partial charge is 0.349 e. The van der Waals surface area contributed by atoms with E-state index >= 15 is 0 Å². The normalized spacial score (nSPS) is 14.6. The zero-order chi connectivity index (χ0) is 13.7. The van der Waals surface area contributed by atoms with Crippen molar-refractivity contribution in [1.82, 2.24) is 4.90 Å². The minimum Gasteiger partial charge on any atom is -0.349 e. The first kappa shape index (κ1) is 13.4. The maximum atomic E-state index is 4.14. The lowest BCUT2D eigenvalue weighted by Crippen LogP contribution is -2.33. The minimum atomic E-state index is 0.988. The van der Waals surface area contributed by atoms with Gasteiger partial charge in [0, 0.05) is 37.1 Å². The van der Waals surface area contributed by atoms with Gasteiger partial charge in [-0.25, -0.2) is 0 Å². The van der Waals surface area contributed by atoms with Crippen LogP contribution in [-0.2, 0) is 6.42 Å². The quantitative estimate of drug-likeness (QED) is 0.623. The Morgan fingerprint density at radius 1 is 1.42 bits per heavy atom. The molecule has 0 radical (unpaired) electrons. The summed E-state index contributed by atoms with van der Waals surface area (Å²) >= 11 is 0. The van der Waals surface area contributed by atoms with Crippen LogP contribution in [0.25, 0.3) is 0 Å². The van der Waals surface area contributed by atoms with Crippen LogP contribution < -0.4 is 5.32 Å². The molecule has 1 heterocycles. The van der Waals surface area contributed by atoms with Crippen LogP contribution in [0.2, 0.25) is 0 Å². The Hall–Kier alpha value is -2.03. The zero-order valence-electron chi connectivity index (χ0n) is 11.5. The highest BCUT2D eigenvalue weighted by Gasteiger charge is 2.19. The van der Waals surface area contributed by atoms with Gasteiger partial charge in [0.25, 0.3) is 0 Å². The molecule has 0 unspecified atom stereocenters. The van der Waals surface area contributed by atoms with Crippen molar-refractivity contribution in [2.45, 2.75) is 19.3 Å². The number of aryl methyl sites for hydroxylation is 1. The number of aliphatic imine (C=N–C) groups is 1. The second-order valence-electron chi connectivity index (χ2n) is 4.76. The van der Waals surface area contributed by atoms with E-state index in [1.165, 1.54) is 17.0 Å². The lowest BCUT2D eigenvalue weighted by atomic mass is 10.0. The van der Waals surface area contributed by atoms with Crippen LogP contribution in [0.1, 0.15) is 18.4 Å². The number of benzene rings is 1. The minimum absolute atomic E-state index is 0.988. The van der Waals surface area contributed by atoms with Crippen molar-refractivity contribution in [3.63, 3.8) is 0 Å². The van der Waals surface area contributed by atoms with Gasteiger partial charge in [-0.2, -0.15) is 0 Å². The SMILES string of the molecule is C=C(CCc1ccc(NC=NC)cc1)N1CCC1=C. The average Bonchev–Trinajstić information content (AvgIpc) is 2.42. The molecule has 3 heteroatoms. The van der Waals surface area contributed by atoms with Gasteiger partial charge in [0.15, 0.2) is 0 Å². The van der Waals surface area contributed by atoms with E-state index in [0.29, 0.717) is 0 Å². The number of allylic oxidation sites excluding steroid dienone is 1. The summed E-state index contributed by atoms with van der Waals surface area (Å²) in [6.07, 6.45) is 4.80. The lowest BCUT2D eigenvalue weighted by Gasteiger charge is -2.37. The van der Waals surface area contributed by atoms with Gasteiger partial charge in [0.2, 0.25) is 0 Å². The third-order valence-electron chi connectivity index (χ3n) is 3.40. The maximum Gasteiger partial charge on any atom is 0.0864 e. The Bertz CT molecular complexity index is 485. The molecule has 19 heavy (non-hydrogen) atoms. The van der Waals surface area contributed by atoms with Crippen molar-refractivity contribution in [1.29, 1.82) is 0 Å². The predicted molar refractivity (Wildman–Crippen MR) is 82.4 cm³/mol. The van der Waals surface area contributed by atoms with E-state index in [2.05, 4.69) is 52.6 Å². The molecule has 1 aromatic rings. The lowest BCUT2D eigenvalue weighted by molar-refractivity contribution is 0.315. The summed E-state index contributed by atoms with van der Waals surface area (Å²) in [4.78, 5) is 6.11. The van der Waals surface area contributed by atoms with Crippen LogP contribution in [0, 0.1) is 0 Å². The number of nitrogens with zero attached hydrogens (tertiary/aromatic N) is 2. The summed E-state index contributed by atoms with van der Waals surface area (Å²) in [6.45, 7) is 9.22. The van der Waals surface area contributed by atoms with Gasteiger partial charge in [-0.3, -0.25) is 4.99 Å². The molecule has 0 saturated carbocycles. The van der Waals surface area contributed by atoms with Crippen molar-refractivity contribution in [2.24, 2.45) is 4.99 Å². The summed E-state index contributed by atoms with van der Waals surface area (Å²) in [5.74, 6) is 0. The molecule has 1 aromatic carbocycles. The molecule has 1 fully saturated rings. The van der Waals surface area contributed by atoms with Gasteiger partial charge < -0.3 is 10.2 Å². The van der Waals surface area contributed by atoms with E-state index in [1.54, 1.807) is 13.4 Å². The van der Waals surface area contributed by atoms with Crippen molar-refractivity contribution >= 4 is 12.0 Å². The molecule has 0 amide bonds. The Morgan fingerprint density at radius 2 is 2.16 bits per heavy atom. The van der Waals surface area contributed by atoms with Crippen LogP contribution in [0.4, 0.5) is 5.69 Å². The molecular formula is C16H21N3. The number of rotatable bonds is 6. The van der Waals surface area contributed by atoms with Crippen LogP contribution >= 0.6 is 0 Å². The molecule has 0 aliphatic carbocycles. The van der Waals surface area contributed by atoms with E-state index in [0.717, 1.165) is 31.5 Å². The smallest absolute Gasteiger partial charge is 0.0864 e. The number of hydrogen-bond donors (Lipinski definition) is 1. The Balaban J connectivity index is 1.82. The van der Waals surface area contributed by atoms with Gasteiger partial charge in [0.05, 0.1) is 6.34 Å². The Kier molecular flexibility index (Phi) is 4.39. The molecule has 3 nitrogen and oxygen atoms in total. The van der Waals surface area contributed by atoms with Crippen LogP contribution in [-0.4, -0.2) is 24.8 Å². The molecule has 1 saturated heterocycles. The number of hydrogen-bond acceptors (Lipinski definition) is 2. The fraction of sp³-hybridized carbons (Fsp3) is 0.312. The molecule has 0 atom stereocenters. The topological polar surface area (TPSA) is 27.6 Å². The maximum absolute atomic E-state index is 4.14. The molecule has 100 valence electrons. The monoisotopic (exact) mass is 255 g/mol. The van der Waals surface area contributed by atoms with Gasteiger partial charge in [-0.1, -0.05) is 25.3 Å². The molecule has 1 aliphatic heterocycles. The molecule has 0 aromatic heterocycles. The summed E-state index contributed by atoms with van der Waals surface area (Å²) in [5.41, 5.74) is 4.76. The van der Waals surface area contributed by atoms with Crippen LogP contribution in [0.5, 0.6) is 0 Å². The fourth-order valence-corrected chi connectivity index (χ4v) is 2.09. The molecule has 2 rings (SSSR count). The van der Waals surface area contributed by atoms with E-state index < -0.39 is 0 Å². The fourth-order valence-electron chi connectivity index (χ4n) is 2.09. The summed E-state index contributed by atoms with van der Waals surface area (Å²) in [5, 5.41) is 3.10. The van der Waals surface area contributed by atoms with Crippen LogP contribution in [0.15, 0.2) is 53.8 Å². The van der Waals surface area contributed by atoms with E-state index in [-0.39, 0.29) is 0 Å². The first-order valence-corrected chi connectivity index (χ1v) is 6.60. The van der Waals surface area contributed by atoms with Crippen molar-refractivity contribution in [3.05, 3.63) is 54.4 Å². The van der Waals surface area contributed by atoms with E-state index in [4.69, 9.17) is 0 Å². The highest BCUT2D eigenvalue weighted by molar-refractivity contribution is 5.75. The Labute approximate surface area is 115 Å². The molecule has 0 bridgehead atoms. The third kappa shape index (κ3) is 3.47. The predicted octanol–water partition coefficient (Wildman–Crippen LogP) is 3.42.